The number of nitrogens with zero attached hydrogens (tertiary/aromatic N) is 1. The molecule has 0 aromatic carbocycles. The first kappa shape index (κ1) is 11.6. The molecule has 1 aromatic rings. The van der Waals surface area contributed by atoms with Crippen molar-refractivity contribution in [2.24, 2.45) is 0 Å². The number of nitro groups is 1. The molecule has 0 saturated heterocycles. The van der Waals surface area contributed by atoms with Crippen LogP contribution in [0.5, 0.6) is 0 Å². The number of carbonyl (C=O) groups is 1. The van der Waals surface area contributed by atoms with Crippen LogP contribution < -0.4 is 0 Å². The molecule has 0 saturated carbocycles. The summed E-state index contributed by atoms with van der Waals surface area (Å²) in [5.74, 6) is -0.0656. The smallest absolute Gasteiger partial charge is 0.283 e. The van der Waals surface area contributed by atoms with Gasteiger partial charge in [-0.25, -0.2) is 0 Å². The third kappa shape index (κ3) is 2.99. The number of carbonyl (C=O) groups excluding carboxylic acids is 1. The lowest BCUT2D eigenvalue weighted by atomic mass is 10.3. The highest BCUT2D eigenvalue weighted by molar-refractivity contribution is 7.13. The fraction of sp³-hybridized carbons (Fsp3) is 0.300. The molecule has 1 aromatic heterocycles. The van der Waals surface area contributed by atoms with Crippen LogP contribution in [0.2, 0.25) is 0 Å². The largest absolute Gasteiger partial charge is 0.295 e. The molecule has 0 unspecified atom stereocenters. The number of allylic oxidation sites excluding steroid dienone is 1. The molecule has 0 aliphatic carbocycles. The average molecular weight is 225 g/mol. The van der Waals surface area contributed by atoms with Crippen molar-refractivity contribution in [1.82, 2.24) is 0 Å². The van der Waals surface area contributed by atoms with Crippen molar-refractivity contribution < 1.29 is 9.72 Å². The standard InChI is InChI=1S/C10H11NO3S/c1-3-10-9(11(13)14)6-8(15-10)5-4-7(2)12/h4-6H,3H2,1-2H3. The molecule has 1 rings (SSSR count). The van der Waals surface area contributed by atoms with Crippen molar-refractivity contribution in [3.8, 4) is 0 Å². The Labute approximate surface area is 91.4 Å². The minimum atomic E-state index is -0.388. The van der Waals surface area contributed by atoms with E-state index in [1.165, 1.54) is 30.4 Å². The van der Waals surface area contributed by atoms with Crippen LogP contribution in [0.1, 0.15) is 23.6 Å². The van der Waals surface area contributed by atoms with E-state index in [-0.39, 0.29) is 16.4 Å². The summed E-state index contributed by atoms with van der Waals surface area (Å²) in [6.45, 7) is 3.32. The average Bonchev–Trinajstić information content (AvgIpc) is 2.57. The molecule has 0 radical (unpaired) electrons. The SMILES string of the molecule is CCc1sc(C=CC(C)=O)cc1[N+](=O)[O-]. The first-order chi connectivity index (χ1) is 7.04. The highest BCUT2D eigenvalue weighted by atomic mass is 32.1. The van der Waals surface area contributed by atoms with Gasteiger partial charge in [-0.1, -0.05) is 6.92 Å². The lowest BCUT2D eigenvalue weighted by molar-refractivity contribution is -0.385. The third-order valence-electron chi connectivity index (χ3n) is 1.81. The van der Waals surface area contributed by atoms with E-state index in [0.717, 1.165) is 9.75 Å². The van der Waals surface area contributed by atoms with E-state index < -0.39 is 0 Å². The molecule has 15 heavy (non-hydrogen) atoms. The number of thiophene rings is 1. The van der Waals surface area contributed by atoms with E-state index in [9.17, 15) is 14.9 Å². The zero-order chi connectivity index (χ0) is 11.4. The first-order valence-electron chi connectivity index (χ1n) is 4.50. The number of hydrogen-bond donors (Lipinski definition) is 0. The Morgan fingerprint density at radius 1 is 1.67 bits per heavy atom. The van der Waals surface area contributed by atoms with Gasteiger partial charge in [0.2, 0.25) is 0 Å². The lowest BCUT2D eigenvalue weighted by Gasteiger charge is -1.88. The molecule has 4 nitrogen and oxygen atoms in total. The second-order valence-electron chi connectivity index (χ2n) is 3.01. The van der Waals surface area contributed by atoms with Crippen LogP contribution in [0.3, 0.4) is 0 Å². The van der Waals surface area contributed by atoms with Gasteiger partial charge < -0.3 is 0 Å². The molecule has 0 amide bonds. The topological polar surface area (TPSA) is 60.2 Å². The first-order valence-corrected chi connectivity index (χ1v) is 5.32. The maximum Gasteiger partial charge on any atom is 0.283 e. The third-order valence-corrected chi connectivity index (χ3v) is 3.04. The number of rotatable bonds is 4. The summed E-state index contributed by atoms with van der Waals surface area (Å²) in [4.78, 5) is 22.4. The Bertz CT molecular complexity index is 420. The summed E-state index contributed by atoms with van der Waals surface area (Å²) >= 11 is 1.35. The molecular formula is C10H11NO3S. The molecular weight excluding hydrogens is 214 g/mol. The quantitative estimate of drug-likeness (QED) is 0.449. The fourth-order valence-electron chi connectivity index (χ4n) is 1.13. The minimum absolute atomic E-state index is 0.0656. The molecule has 80 valence electrons. The summed E-state index contributed by atoms with van der Waals surface area (Å²) in [5.41, 5.74) is 0.144. The Morgan fingerprint density at radius 2 is 2.33 bits per heavy atom. The van der Waals surface area contributed by atoms with Gasteiger partial charge in [-0.05, 0) is 25.5 Å². The molecule has 5 heteroatoms. The lowest BCUT2D eigenvalue weighted by Crippen LogP contribution is -1.88. The normalized spacial score (nSPS) is 10.8. The van der Waals surface area contributed by atoms with Gasteiger partial charge in [-0.15, -0.1) is 11.3 Å². The van der Waals surface area contributed by atoms with Crippen molar-refractivity contribution in [3.63, 3.8) is 0 Å². The van der Waals surface area contributed by atoms with Crippen LogP contribution >= 0.6 is 11.3 Å². The second kappa shape index (κ2) is 4.84. The monoisotopic (exact) mass is 225 g/mol. The molecule has 0 aliphatic heterocycles. The molecule has 0 spiro atoms. The molecule has 0 N–H and O–H groups in total. The van der Waals surface area contributed by atoms with Crippen molar-refractivity contribution in [2.45, 2.75) is 20.3 Å². The maximum absolute atomic E-state index is 10.7. The van der Waals surface area contributed by atoms with Crippen LogP contribution in [0.15, 0.2) is 12.1 Å². The van der Waals surface area contributed by atoms with Gasteiger partial charge in [-0.2, -0.15) is 0 Å². The van der Waals surface area contributed by atoms with E-state index in [4.69, 9.17) is 0 Å². The van der Waals surface area contributed by atoms with Crippen molar-refractivity contribution >= 4 is 28.9 Å². The Hall–Kier alpha value is -1.49. The van der Waals surface area contributed by atoms with Crippen molar-refractivity contribution in [2.75, 3.05) is 0 Å². The van der Waals surface area contributed by atoms with Gasteiger partial charge in [0.25, 0.3) is 5.69 Å². The predicted octanol–water partition coefficient (Wildman–Crippen LogP) is 2.82. The van der Waals surface area contributed by atoms with Crippen LogP contribution in [-0.4, -0.2) is 10.7 Å². The number of hydrogen-bond acceptors (Lipinski definition) is 4. The summed E-state index contributed by atoms with van der Waals surface area (Å²) in [5, 5.41) is 10.7. The Kier molecular flexibility index (Phi) is 3.74. The molecule has 0 bridgehead atoms. The Balaban J connectivity index is 3.02. The molecule has 0 fully saturated rings. The molecule has 0 atom stereocenters. The zero-order valence-corrected chi connectivity index (χ0v) is 9.34. The Morgan fingerprint density at radius 3 is 2.73 bits per heavy atom. The second-order valence-corrected chi connectivity index (χ2v) is 4.18. The van der Waals surface area contributed by atoms with Gasteiger partial charge in [-0.3, -0.25) is 14.9 Å². The number of aryl methyl sites for hydroxylation is 1. The van der Waals surface area contributed by atoms with Crippen molar-refractivity contribution in [3.05, 3.63) is 32.0 Å². The van der Waals surface area contributed by atoms with E-state index in [1.807, 2.05) is 6.92 Å². The van der Waals surface area contributed by atoms with Crippen molar-refractivity contribution in [1.29, 1.82) is 0 Å². The van der Waals surface area contributed by atoms with E-state index in [1.54, 1.807) is 6.08 Å². The van der Waals surface area contributed by atoms with E-state index >= 15 is 0 Å². The highest BCUT2D eigenvalue weighted by Crippen LogP contribution is 2.30. The predicted molar refractivity (Wildman–Crippen MR) is 60.1 cm³/mol. The van der Waals surface area contributed by atoms with Crippen LogP contribution in [0.25, 0.3) is 6.08 Å². The highest BCUT2D eigenvalue weighted by Gasteiger charge is 2.15. The van der Waals surface area contributed by atoms with Gasteiger partial charge in [0.1, 0.15) is 0 Å². The van der Waals surface area contributed by atoms with Gasteiger partial charge in [0, 0.05) is 10.9 Å². The maximum atomic E-state index is 10.7. The zero-order valence-electron chi connectivity index (χ0n) is 8.52. The summed E-state index contributed by atoms with van der Waals surface area (Å²) in [6, 6.07) is 1.50. The van der Waals surface area contributed by atoms with Gasteiger partial charge in [0.15, 0.2) is 5.78 Å². The van der Waals surface area contributed by atoms with E-state index in [0.29, 0.717) is 6.42 Å². The fourth-order valence-corrected chi connectivity index (χ4v) is 2.10. The van der Waals surface area contributed by atoms with E-state index in [2.05, 4.69) is 0 Å². The van der Waals surface area contributed by atoms with Crippen LogP contribution in [-0.2, 0) is 11.2 Å². The minimum Gasteiger partial charge on any atom is -0.295 e. The van der Waals surface area contributed by atoms with Gasteiger partial charge >= 0.3 is 0 Å². The summed E-state index contributed by atoms with van der Waals surface area (Å²) < 4.78 is 0. The van der Waals surface area contributed by atoms with Crippen LogP contribution in [0, 0.1) is 10.1 Å². The summed E-state index contributed by atoms with van der Waals surface area (Å²) in [7, 11) is 0. The number of ketones is 1. The van der Waals surface area contributed by atoms with Crippen LogP contribution in [0.4, 0.5) is 5.69 Å². The molecule has 0 aliphatic rings. The summed E-state index contributed by atoms with van der Waals surface area (Å²) in [6.07, 6.45) is 3.66. The molecule has 1 heterocycles. The van der Waals surface area contributed by atoms with Gasteiger partial charge in [0.05, 0.1) is 9.80 Å².